The van der Waals surface area contributed by atoms with Gasteiger partial charge in [0.05, 0.1) is 23.4 Å². The Labute approximate surface area is 126 Å². The first kappa shape index (κ1) is 14.0. The summed E-state index contributed by atoms with van der Waals surface area (Å²) in [4.78, 5) is 8.84. The number of hydrogen-bond acceptors (Lipinski definition) is 6. The fraction of sp³-hybridized carbons (Fsp3) is 0.357. The third-order valence-electron chi connectivity index (χ3n) is 3.09. The van der Waals surface area contributed by atoms with Crippen LogP contribution in [-0.4, -0.2) is 33.0 Å². The van der Waals surface area contributed by atoms with Gasteiger partial charge in [-0.15, -0.1) is 0 Å². The van der Waals surface area contributed by atoms with Crippen molar-refractivity contribution in [1.82, 2.24) is 19.7 Å². The molecule has 7 heteroatoms. The number of nitrogens with zero attached hydrogens (tertiary/aromatic N) is 4. The van der Waals surface area contributed by atoms with Gasteiger partial charge in [-0.2, -0.15) is 5.10 Å². The predicted octanol–water partition coefficient (Wildman–Crippen LogP) is 2.48. The van der Waals surface area contributed by atoms with Crippen molar-refractivity contribution in [3.8, 4) is 11.4 Å². The van der Waals surface area contributed by atoms with Gasteiger partial charge in [-0.3, -0.25) is 0 Å². The highest BCUT2D eigenvalue weighted by Gasteiger charge is 2.11. The van der Waals surface area contributed by atoms with Gasteiger partial charge in [0.15, 0.2) is 11.0 Å². The van der Waals surface area contributed by atoms with E-state index < -0.39 is 0 Å². The van der Waals surface area contributed by atoms with E-state index in [2.05, 4.69) is 15.1 Å². The fourth-order valence-corrected chi connectivity index (χ4v) is 2.92. The van der Waals surface area contributed by atoms with Crippen LogP contribution in [-0.2, 0) is 11.3 Å². The molecular formula is C14H17N5OS. The Hall–Kier alpha value is -1.99. The van der Waals surface area contributed by atoms with Crippen LogP contribution in [0.25, 0.3) is 21.6 Å². The maximum Gasteiger partial charge on any atom is 0.181 e. The second kappa shape index (κ2) is 5.79. The van der Waals surface area contributed by atoms with Crippen LogP contribution in [0.3, 0.4) is 0 Å². The van der Waals surface area contributed by atoms with Crippen LogP contribution in [0.1, 0.15) is 12.7 Å². The summed E-state index contributed by atoms with van der Waals surface area (Å²) in [5.74, 6) is 1.58. The van der Waals surface area contributed by atoms with E-state index in [1.807, 2.05) is 36.7 Å². The van der Waals surface area contributed by atoms with E-state index >= 15 is 0 Å². The first-order valence-corrected chi connectivity index (χ1v) is 7.64. The first-order chi connectivity index (χ1) is 10.2. The average molecular weight is 303 g/mol. The van der Waals surface area contributed by atoms with Crippen molar-refractivity contribution in [2.24, 2.45) is 0 Å². The number of nitrogens with two attached hydrogens (primary N) is 1. The van der Waals surface area contributed by atoms with Gasteiger partial charge in [0.2, 0.25) is 0 Å². The van der Waals surface area contributed by atoms with E-state index in [1.165, 1.54) is 11.3 Å². The van der Waals surface area contributed by atoms with Crippen molar-refractivity contribution in [1.29, 1.82) is 0 Å². The van der Waals surface area contributed by atoms with Gasteiger partial charge in [0, 0.05) is 12.2 Å². The van der Waals surface area contributed by atoms with Gasteiger partial charge in [0.1, 0.15) is 5.82 Å². The average Bonchev–Trinajstić information content (AvgIpc) is 3.00. The van der Waals surface area contributed by atoms with Gasteiger partial charge in [-0.25, -0.2) is 14.6 Å². The predicted molar refractivity (Wildman–Crippen MR) is 84.3 cm³/mol. The second-order valence-electron chi connectivity index (χ2n) is 4.64. The minimum atomic E-state index is 0.580. The van der Waals surface area contributed by atoms with Gasteiger partial charge in [0.25, 0.3) is 0 Å². The lowest BCUT2D eigenvalue weighted by Gasteiger charge is -2.06. The van der Waals surface area contributed by atoms with Crippen LogP contribution in [0.5, 0.6) is 0 Å². The Bertz CT molecular complexity index is 764. The van der Waals surface area contributed by atoms with Gasteiger partial charge in [-0.05, 0) is 32.0 Å². The highest BCUT2D eigenvalue weighted by Crippen LogP contribution is 2.28. The van der Waals surface area contributed by atoms with Gasteiger partial charge >= 0.3 is 0 Å². The molecule has 0 amide bonds. The van der Waals surface area contributed by atoms with Crippen molar-refractivity contribution in [2.45, 2.75) is 20.4 Å². The number of benzene rings is 1. The number of fused-ring (bicyclic) bond motifs is 1. The Morgan fingerprint density at radius 3 is 3.00 bits per heavy atom. The fourth-order valence-electron chi connectivity index (χ4n) is 2.20. The number of aryl methyl sites for hydroxylation is 1. The molecule has 0 bridgehead atoms. The van der Waals surface area contributed by atoms with Crippen molar-refractivity contribution < 1.29 is 4.74 Å². The summed E-state index contributed by atoms with van der Waals surface area (Å²) in [6.07, 6.45) is 0. The SMILES string of the molecule is CCOCCn1nc(C)nc1-c1ccc2sc(N)nc2c1. The Balaban J connectivity index is 1.96. The lowest BCUT2D eigenvalue weighted by atomic mass is 10.2. The third kappa shape index (κ3) is 2.88. The molecule has 0 fully saturated rings. The zero-order chi connectivity index (χ0) is 14.8. The molecule has 0 spiro atoms. The quantitative estimate of drug-likeness (QED) is 0.733. The summed E-state index contributed by atoms with van der Waals surface area (Å²) in [6.45, 7) is 5.88. The number of thiazole rings is 1. The smallest absolute Gasteiger partial charge is 0.181 e. The minimum Gasteiger partial charge on any atom is -0.380 e. The van der Waals surface area contributed by atoms with Crippen molar-refractivity contribution >= 4 is 26.7 Å². The largest absolute Gasteiger partial charge is 0.380 e. The Morgan fingerprint density at radius 1 is 1.33 bits per heavy atom. The molecule has 3 aromatic rings. The van der Waals surface area contributed by atoms with E-state index in [4.69, 9.17) is 10.5 Å². The molecule has 3 rings (SSSR count). The van der Waals surface area contributed by atoms with Crippen LogP contribution in [0.15, 0.2) is 18.2 Å². The highest BCUT2D eigenvalue weighted by molar-refractivity contribution is 7.22. The van der Waals surface area contributed by atoms with Crippen LogP contribution < -0.4 is 5.73 Å². The lowest BCUT2D eigenvalue weighted by Crippen LogP contribution is -2.09. The molecule has 1 aromatic carbocycles. The Morgan fingerprint density at radius 2 is 2.19 bits per heavy atom. The molecule has 0 aliphatic carbocycles. The second-order valence-corrected chi connectivity index (χ2v) is 5.70. The number of rotatable bonds is 5. The van der Waals surface area contributed by atoms with Crippen LogP contribution in [0, 0.1) is 6.92 Å². The standard InChI is InChI=1S/C14H17N5OS/c1-3-20-7-6-19-13(16-9(2)18-19)10-4-5-12-11(8-10)17-14(15)21-12/h4-5,8H,3,6-7H2,1-2H3,(H2,15,17). The first-order valence-electron chi connectivity index (χ1n) is 6.83. The molecule has 6 nitrogen and oxygen atoms in total. The van der Waals surface area contributed by atoms with Crippen LogP contribution in [0.4, 0.5) is 5.13 Å². The molecule has 0 aliphatic rings. The maximum atomic E-state index is 5.75. The summed E-state index contributed by atoms with van der Waals surface area (Å²) in [7, 11) is 0. The zero-order valence-electron chi connectivity index (χ0n) is 12.0. The zero-order valence-corrected chi connectivity index (χ0v) is 12.9. The van der Waals surface area contributed by atoms with E-state index in [0.29, 0.717) is 24.9 Å². The summed E-state index contributed by atoms with van der Waals surface area (Å²) in [5.41, 5.74) is 7.64. The summed E-state index contributed by atoms with van der Waals surface area (Å²) in [5, 5.41) is 5.01. The molecule has 21 heavy (non-hydrogen) atoms. The van der Waals surface area contributed by atoms with E-state index in [0.717, 1.165) is 27.4 Å². The summed E-state index contributed by atoms with van der Waals surface area (Å²) >= 11 is 1.49. The van der Waals surface area contributed by atoms with Gasteiger partial charge < -0.3 is 10.5 Å². The molecule has 110 valence electrons. The Kier molecular flexibility index (Phi) is 3.85. The van der Waals surface area contributed by atoms with Gasteiger partial charge in [-0.1, -0.05) is 11.3 Å². The molecular weight excluding hydrogens is 286 g/mol. The minimum absolute atomic E-state index is 0.580. The number of anilines is 1. The molecule has 0 saturated carbocycles. The number of aromatic nitrogens is 4. The normalized spacial score (nSPS) is 11.3. The number of ether oxygens (including phenoxy) is 1. The number of nitrogen functional groups attached to an aromatic ring is 1. The van der Waals surface area contributed by atoms with Crippen LogP contribution >= 0.6 is 11.3 Å². The molecule has 2 heterocycles. The van der Waals surface area contributed by atoms with E-state index in [1.54, 1.807) is 0 Å². The van der Waals surface area contributed by atoms with Crippen molar-refractivity contribution in [3.05, 3.63) is 24.0 Å². The van der Waals surface area contributed by atoms with E-state index in [-0.39, 0.29) is 0 Å². The third-order valence-corrected chi connectivity index (χ3v) is 3.96. The topological polar surface area (TPSA) is 78.8 Å². The lowest BCUT2D eigenvalue weighted by molar-refractivity contribution is 0.136. The molecule has 0 atom stereocenters. The monoisotopic (exact) mass is 303 g/mol. The summed E-state index contributed by atoms with van der Waals surface area (Å²) in [6, 6.07) is 6.05. The summed E-state index contributed by atoms with van der Waals surface area (Å²) < 4.78 is 8.35. The van der Waals surface area contributed by atoms with Crippen LogP contribution in [0.2, 0.25) is 0 Å². The van der Waals surface area contributed by atoms with E-state index in [9.17, 15) is 0 Å². The number of hydrogen-bond donors (Lipinski definition) is 1. The highest BCUT2D eigenvalue weighted by atomic mass is 32.1. The molecule has 0 saturated heterocycles. The molecule has 0 aliphatic heterocycles. The van der Waals surface area contributed by atoms with Crippen molar-refractivity contribution in [3.63, 3.8) is 0 Å². The molecule has 0 unspecified atom stereocenters. The molecule has 2 N–H and O–H groups in total. The molecule has 2 aromatic heterocycles. The van der Waals surface area contributed by atoms with Crippen molar-refractivity contribution in [2.75, 3.05) is 18.9 Å². The molecule has 0 radical (unpaired) electrons. The maximum absolute atomic E-state index is 5.75.